The van der Waals surface area contributed by atoms with Crippen molar-refractivity contribution in [2.45, 2.75) is 13.3 Å². The van der Waals surface area contributed by atoms with Gasteiger partial charge in [0.15, 0.2) is 5.75 Å². The molecule has 0 aliphatic carbocycles. The number of hydrogen-bond acceptors (Lipinski definition) is 3. The van der Waals surface area contributed by atoms with E-state index >= 15 is 0 Å². The highest BCUT2D eigenvalue weighted by molar-refractivity contribution is 5.14. The van der Waals surface area contributed by atoms with Gasteiger partial charge in [-0.05, 0) is 18.6 Å². The number of pyridine rings is 1. The van der Waals surface area contributed by atoms with Gasteiger partial charge in [-0.25, -0.2) is 0 Å². The molecule has 0 aliphatic rings. The summed E-state index contributed by atoms with van der Waals surface area (Å²) in [6, 6.07) is 3.69. The van der Waals surface area contributed by atoms with E-state index in [-0.39, 0.29) is 0 Å². The Morgan fingerprint density at radius 3 is 3.18 bits per heavy atom. The third-order valence-corrected chi connectivity index (χ3v) is 1.18. The van der Waals surface area contributed by atoms with Gasteiger partial charge in [0.1, 0.15) is 0 Å². The van der Waals surface area contributed by atoms with Gasteiger partial charge in [-0.1, -0.05) is 6.92 Å². The maximum Gasteiger partial charge on any atom is 0.165 e. The summed E-state index contributed by atoms with van der Waals surface area (Å²) in [4.78, 5) is 9.03. The quantitative estimate of drug-likeness (QED) is 0.522. The van der Waals surface area contributed by atoms with Crippen molar-refractivity contribution in [3.8, 4) is 5.75 Å². The molecule has 0 spiro atoms. The Bertz CT molecular complexity index is 189. The Kier molecular flexibility index (Phi) is 3.41. The van der Waals surface area contributed by atoms with E-state index in [1.54, 1.807) is 12.4 Å². The van der Waals surface area contributed by atoms with Gasteiger partial charge in [0.25, 0.3) is 0 Å². The van der Waals surface area contributed by atoms with Crippen molar-refractivity contribution in [3.05, 3.63) is 24.5 Å². The molecule has 0 saturated heterocycles. The minimum absolute atomic E-state index is 0.751. The molecule has 0 saturated carbocycles. The van der Waals surface area contributed by atoms with Crippen LogP contribution in [0.5, 0.6) is 5.75 Å². The second kappa shape index (κ2) is 4.68. The smallest absolute Gasteiger partial charge is 0.165 e. The zero-order chi connectivity index (χ0) is 7.94. The second-order valence-corrected chi connectivity index (χ2v) is 2.19. The lowest BCUT2D eigenvalue weighted by molar-refractivity contribution is 0.195. The third kappa shape index (κ3) is 3.00. The molecule has 0 aliphatic heterocycles. The summed E-state index contributed by atoms with van der Waals surface area (Å²) in [7, 11) is 0. The summed E-state index contributed by atoms with van der Waals surface area (Å²) < 4.78 is 0. The van der Waals surface area contributed by atoms with Crippen LogP contribution in [-0.4, -0.2) is 11.5 Å². The first-order valence-corrected chi connectivity index (χ1v) is 3.73. The summed E-state index contributed by atoms with van der Waals surface area (Å²) in [5.74, 6) is 0.751. The van der Waals surface area contributed by atoms with Crippen molar-refractivity contribution >= 4 is 0 Å². The molecule has 0 radical (unpaired) electrons. The first kappa shape index (κ1) is 8.01. The van der Waals surface area contributed by atoms with E-state index in [0.717, 1.165) is 18.7 Å². The average molecular weight is 152 g/mol. The van der Waals surface area contributed by atoms with E-state index < -0.39 is 0 Å². The highest BCUT2D eigenvalue weighted by Crippen LogP contribution is 2.03. The van der Waals surface area contributed by atoms with Gasteiger partial charge in [0.05, 0.1) is 6.20 Å². The molecule has 0 amide bonds. The highest BCUT2D eigenvalue weighted by Gasteiger charge is 1.88. The largest absolute Gasteiger partial charge is 0.407 e. The van der Waals surface area contributed by atoms with Crippen LogP contribution in [0, 0.1) is 0 Å². The first-order chi connectivity index (χ1) is 5.43. The lowest BCUT2D eigenvalue weighted by Crippen LogP contribution is -2.18. The monoisotopic (exact) mass is 152 g/mol. The molecule has 0 fully saturated rings. The van der Waals surface area contributed by atoms with Crippen molar-refractivity contribution in [2.75, 3.05) is 6.54 Å². The molecule has 0 atom stereocenters. The maximum atomic E-state index is 5.13. The van der Waals surface area contributed by atoms with Crippen LogP contribution in [0.25, 0.3) is 0 Å². The van der Waals surface area contributed by atoms with E-state index in [4.69, 9.17) is 4.84 Å². The standard InChI is InChI=1S/C8H12N2O/c1-2-5-10-11-8-4-3-6-9-7-8/h3-4,6-7,10H,2,5H2,1H3. The van der Waals surface area contributed by atoms with Crippen LogP contribution in [0.15, 0.2) is 24.5 Å². The Hall–Kier alpha value is -1.09. The maximum absolute atomic E-state index is 5.13. The highest BCUT2D eigenvalue weighted by atomic mass is 16.6. The van der Waals surface area contributed by atoms with Gasteiger partial charge < -0.3 is 4.84 Å². The molecule has 1 aromatic heterocycles. The number of hydrogen-bond donors (Lipinski definition) is 1. The van der Waals surface area contributed by atoms with Crippen molar-refractivity contribution in [3.63, 3.8) is 0 Å². The van der Waals surface area contributed by atoms with Crippen LogP contribution in [0.1, 0.15) is 13.3 Å². The van der Waals surface area contributed by atoms with Crippen LogP contribution in [0.2, 0.25) is 0 Å². The fourth-order valence-corrected chi connectivity index (χ4v) is 0.644. The zero-order valence-corrected chi connectivity index (χ0v) is 6.58. The van der Waals surface area contributed by atoms with E-state index in [2.05, 4.69) is 17.4 Å². The minimum atomic E-state index is 0.751. The summed E-state index contributed by atoms with van der Waals surface area (Å²) >= 11 is 0. The van der Waals surface area contributed by atoms with Gasteiger partial charge in [-0.15, -0.1) is 0 Å². The van der Waals surface area contributed by atoms with E-state index in [9.17, 15) is 0 Å². The molecule has 60 valence electrons. The summed E-state index contributed by atoms with van der Waals surface area (Å²) in [5.41, 5.74) is 2.81. The SMILES string of the molecule is CCCNOc1cccnc1. The molecule has 0 bridgehead atoms. The fourth-order valence-electron chi connectivity index (χ4n) is 0.644. The molecular weight excluding hydrogens is 140 g/mol. The van der Waals surface area contributed by atoms with Gasteiger partial charge >= 0.3 is 0 Å². The molecule has 3 heteroatoms. The Morgan fingerprint density at radius 2 is 2.55 bits per heavy atom. The molecule has 0 aromatic carbocycles. The summed E-state index contributed by atoms with van der Waals surface area (Å²) in [6.45, 7) is 2.94. The molecule has 3 nitrogen and oxygen atoms in total. The molecular formula is C8H12N2O. The summed E-state index contributed by atoms with van der Waals surface area (Å²) in [5, 5.41) is 0. The molecule has 0 unspecified atom stereocenters. The Labute approximate surface area is 66.4 Å². The predicted molar refractivity (Wildman–Crippen MR) is 43.2 cm³/mol. The molecule has 11 heavy (non-hydrogen) atoms. The van der Waals surface area contributed by atoms with E-state index in [1.165, 1.54) is 0 Å². The normalized spacial score (nSPS) is 9.55. The lowest BCUT2D eigenvalue weighted by atomic mass is 10.5. The Morgan fingerprint density at radius 1 is 1.64 bits per heavy atom. The number of rotatable bonds is 4. The topological polar surface area (TPSA) is 34.1 Å². The van der Waals surface area contributed by atoms with Crippen molar-refractivity contribution in [1.82, 2.24) is 10.5 Å². The first-order valence-electron chi connectivity index (χ1n) is 3.73. The molecule has 1 rings (SSSR count). The van der Waals surface area contributed by atoms with Crippen LogP contribution in [-0.2, 0) is 0 Å². The third-order valence-electron chi connectivity index (χ3n) is 1.18. The lowest BCUT2D eigenvalue weighted by Gasteiger charge is -2.03. The van der Waals surface area contributed by atoms with Crippen molar-refractivity contribution in [1.29, 1.82) is 0 Å². The predicted octanol–water partition coefficient (Wildman–Crippen LogP) is 1.38. The number of aromatic nitrogens is 1. The summed E-state index contributed by atoms with van der Waals surface area (Å²) in [6.07, 6.45) is 4.44. The molecule has 1 N–H and O–H groups in total. The van der Waals surface area contributed by atoms with Gasteiger partial charge in [-0.2, -0.15) is 5.48 Å². The van der Waals surface area contributed by atoms with Crippen molar-refractivity contribution in [2.24, 2.45) is 0 Å². The van der Waals surface area contributed by atoms with Crippen LogP contribution in [0.4, 0.5) is 0 Å². The number of nitrogens with one attached hydrogen (secondary N) is 1. The average Bonchev–Trinajstić information content (AvgIpc) is 2.07. The van der Waals surface area contributed by atoms with Gasteiger partial charge in [0, 0.05) is 12.7 Å². The van der Waals surface area contributed by atoms with Crippen molar-refractivity contribution < 1.29 is 4.84 Å². The number of nitrogens with zero attached hydrogens (tertiary/aromatic N) is 1. The van der Waals surface area contributed by atoms with Crippen LogP contribution >= 0.6 is 0 Å². The van der Waals surface area contributed by atoms with Gasteiger partial charge in [0.2, 0.25) is 0 Å². The Balaban J connectivity index is 2.28. The van der Waals surface area contributed by atoms with E-state index in [0.29, 0.717) is 0 Å². The number of hydroxylamine groups is 1. The fraction of sp³-hybridized carbons (Fsp3) is 0.375. The van der Waals surface area contributed by atoms with Crippen LogP contribution < -0.4 is 10.3 Å². The van der Waals surface area contributed by atoms with E-state index in [1.807, 2.05) is 12.1 Å². The van der Waals surface area contributed by atoms with Gasteiger partial charge in [-0.3, -0.25) is 4.98 Å². The minimum Gasteiger partial charge on any atom is -0.407 e. The second-order valence-electron chi connectivity index (χ2n) is 2.19. The van der Waals surface area contributed by atoms with Crippen LogP contribution in [0.3, 0.4) is 0 Å². The zero-order valence-electron chi connectivity index (χ0n) is 6.58. The molecule has 1 aromatic rings. The molecule has 1 heterocycles.